The van der Waals surface area contributed by atoms with Crippen LogP contribution in [0.2, 0.25) is 5.02 Å². The average molecular weight is 497 g/mol. The SMILES string of the molecule is CCc1ccc2c(c1)nc1n2CC(NC(=O)c2ccc(-n3cnnc3)cc2Cl)(c2ccccc2)CC1. The van der Waals surface area contributed by atoms with Gasteiger partial charge in [-0.25, -0.2) is 4.98 Å². The largest absolute Gasteiger partial charge is 0.341 e. The van der Waals surface area contributed by atoms with Gasteiger partial charge in [0.25, 0.3) is 5.91 Å². The molecule has 5 aromatic rings. The minimum absolute atomic E-state index is 0.208. The molecule has 1 unspecified atom stereocenters. The molecule has 0 spiro atoms. The molecular weight excluding hydrogens is 472 g/mol. The highest BCUT2D eigenvalue weighted by atomic mass is 35.5. The summed E-state index contributed by atoms with van der Waals surface area (Å²) in [5.41, 5.74) is 5.05. The molecule has 1 amide bonds. The highest BCUT2D eigenvalue weighted by Gasteiger charge is 2.39. The number of rotatable bonds is 5. The maximum absolute atomic E-state index is 13.7. The van der Waals surface area contributed by atoms with Crippen molar-refractivity contribution in [2.24, 2.45) is 0 Å². The van der Waals surface area contributed by atoms with Crippen LogP contribution < -0.4 is 5.32 Å². The van der Waals surface area contributed by atoms with Crippen LogP contribution in [0.5, 0.6) is 0 Å². The number of aromatic nitrogens is 5. The maximum Gasteiger partial charge on any atom is 0.253 e. The van der Waals surface area contributed by atoms with E-state index < -0.39 is 5.54 Å². The summed E-state index contributed by atoms with van der Waals surface area (Å²) in [6.45, 7) is 2.74. The molecule has 6 rings (SSSR count). The third-order valence-electron chi connectivity index (χ3n) is 7.10. The Balaban J connectivity index is 1.38. The van der Waals surface area contributed by atoms with Gasteiger partial charge in [0.15, 0.2) is 0 Å². The van der Waals surface area contributed by atoms with Gasteiger partial charge in [0, 0.05) is 12.1 Å². The van der Waals surface area contributed by atoms with Gasteiger partial charge in [-0.15, -0.1) is 10.2 Å². The average Bonchev–Trinajstić information content (AvgIpc) is 3.57. The summed E-state index contributed by atoms with van der Waals surface area (Å²) in [6, 6.07) is 22.0. The molecule has 7 nitrogen and oxygen atoms in total. The molecule has 3 aromatic carbocycles. The van der Waals surface area contributed by atoms with Gasteiger partial charge in [0.05, 0.1) is 33.7 Å². The van der Waals surface area contributed by atoms with Crippen LogP contribution in [-0.4, -0.2) is 30.2 Å². The lowest BCUT2D eigenvalue weighted by Crippen LogP contribution is -2.51. The van der Waals surface area contributed by atoms with E-state index in [4.69, 9.17) is 16.6 Å². The van der Waals surface area contributed by atoms with Crippen molar-refractivity contribution in [1.29, 1.82) is 0 Å². The second kappa shape index (κ2) is 8.91. The molecule has 1 N–H and O–H groups in total. The second-order valence-corrected chi connectivity index (χ2v) is 9.63. The highest BCUT2D eigenvalue weighted by Crippen LogP contribution is 2.36. The summed E-state index contributed by atoms with van der Waals surface area (Å²) in [7, 11) is 0. The molecule has 8 heteroatoms. The van der Waals surface area contributed by atoms with Gasteiger partial charge in [0.1, 0.15) is 18.5 Å². The molecule has 2 aromatic heterocycles. The first-order chi connectivity index (χ1) is 17.6. The van der Waals surface area contributed by atoms with Crippen molar-refractivity contribution in [3.63, 3.8) is 0 Å². The third kappa shape index (κ3) is 3.85. The third-order valence-corrected chi connectivity index (χ3v) is 7.41. The van der Waals surface area contributed by atoms with E-state index >= 15 is 0 Å². The Bertz CT molecular complexity index is 1560. The van der Waals surface area contributed by atoms with Crippen LogP contribution in [0.1, 0.15) is 40.7 Å². The van der Waals surface area contributed by atoms with Gasteiger partial charge < -0.3 is 9.88 Å². The summed E-state index contributed by atoms with van der Waals surface area (Å²) < 4.78 is 4.00. The predicted octanol–water partition coefficient (Wildman–Crippen LogP) is 5.10. The number of fused-ring (bicyclic) bond motifs is 3. The van der Waals surface area contributed by atoms with Crippen LogP contribution in [0, 0.1) is 0 Å². The Morgan fingerprint density at radius 3 is 2.61 bits per heavy atom. The monoisotopic (exact) mass is 496 g/mol. The first-order valence-corrected chi connectivity index (χ1v) is 12.4. The van der Waals surface area contributed by atoms with Crippen LogP contribution >= 0.6 is 11.6 Å². The smallest absolute Gasteiger partial charge is 0.253 e. The van der Waals surface area contributed by atoms with Crippen LogP contribution in [0.3, 0.4) is 0 Å². The van der Waals surface area contributed by atoms with Crippen LogP contribution in [-0.2, 0) is 24.9 Å². The van der Waals surface area contributed by atoms with Crippen molar-refractivity contribution in [2.45, 2.75) is 38.3 Å². The summed E-state index contributed by atoms with van der Waals surface area (Å²) in [4.78, 5) is 18.6. The number of imidazole rings is 1. The maximum atomic E-state index is 13.7. The number of hydrogen-bond acceptors (Lipinski definition) is 4. The fourth-order valence-electron chi connectivity index (χ4n) is 5.12. The number of halogens is 1. The molecule has 0 aliphatic carbocycles. The molecule has 3 heterocycles. The number of carbonyl (C=O) groups excluding carboxylic acids is 1. The van der Waals surface area contributed by atoms with Crippen molar-refractivity contribution in [3.05, 3.63) is 107 Å². The van der Waals surface area contributed by atoms with Gasteiger partial charge in [0.2, 0.25) is 0 Å². The fraction of sp³-hybridized carbons (Fsp3) is 0.214. The Labute approximate surface area is 213 Å². The molecule has 1 atom stereocenters. The zero-order valence-corrected chi connectivity index (χ0v) is 20.6. The van der Waals surface area contributed by atoms with E-state index in [1.807, 2.05) is 24.3 Å². The highest BCUT2D eigenvalue weighted by molar-refractivity contribution is 6.34. The number of nitrogens with zero attached hydrogens (tertiary/aromatic N) is 5. The number of benzene rings is 3. The Morgan fingerprint density at radius 1 is 1.06 bits per heavy atom. The molecular formula is C28H25ClN6O. The number of nitrogens with one attached hydrogen (secondary N) is 1. The molecule has 0 saturated heterocycles. The normalized spacial score (nSPS) is 17.2. The fourth-order valence-corrected chi connectivity index (χ4v) is 5.38. The minimum Gasteiger partial charge on any atom is -0.341 e. The molecule has 36 heavy (non-hydrogen) atoms. The zero-order chi connectivity index (χ0) is 24.7. The lowest BCUT2D eigenvalue weighted by Gasteiger charge is -2.39. The lowest BCUT2D eigenvalue weighted by molar-refractivity contribution is 0.0867. The van der Waals surface area contributed by atoms with E-state index in [2.05, 4.69) is 57.3 Å². The topological polar surface area (TPSA) is 77.6 Å². The number of aryl methyl sites for hydroxylation is 2. The van der Waals surface area contributed by atoms with Gasteiger partial charge in [-0.05, 0) is 54.3 Å². The van der Waals surface area contributed by atoms with Crippen LogP contribution in [0.15, 0.2) is 79.4 Å². The van der Waals surface area contributed by atoms with Crippen molar-refractivity contribution in [1.82, 2.24) is 29.6 Å². The summed E-state index contributed by atoms with van der Waals surface area (Å²) in [6.07, 6.45) is 5.65. The van der Waals surface area contributed by atoms with Crippen LogP contribution in [0.4, 0.5) is 0 Å². The molecule has 1 aliphatic heterocycles. The predicted molar refractivity (Wildman–Crippen MR) is 139 cm³/mol. The van der Waals surface area contributed by atoms with Gasteiger partial charge >= 0.3 is 0 Å². The summed E-state index contributed by atoms with van der Waals surface area (Å²) >= 11 is 6.59. The number of hydrogen-bond donors (Lipinski definition) is 1. The van der Waals surface area contributed by atoms with Crippen molar-refractivity contribution >= 4 is 28.5 Å². The van der Waals surface area contributed by atoms with E-state index in [0.717, 1.165) is 47.4 Å². The van der Waals surface area contributed by atoms with Crippen molar-refractivity contribution in [3.8, 4) is 5.69 Å². The molecule has 0 saturated carbocycles. The van der Waals surface area contributed by atoms with E-state index in [1.165, 1.54) is 5.56 Å². The molecule has 0 fully saturated rings. The van der Waals surface area contributed by atoms with E-state index in [0.29, 0.717) is 17.1 Å². The van der Waals surface area contributed by atoms with Gasteiger partial charge in [-0.3, -0.25) is 9.36 Å². The van der Waals surface area contributed by atoms with E-state index in [1.54, 1.807) is 29.4 Å². The molecule has 180 valence electrons. The van der Waals surface area contributed by atoms with Crippen molar-refractivity contribution < 1.29 is 4.79 Å². The summed E-state index contributed by atoms with van der Waals surface area (Å²) in [5, 5.41) is 11.4. The number of carbonyl (C=O) groups is 1. The van der Waals surface area contributed by atoms with E-state index in [-0.39, 0.29) is 5.91 Å². The first kappa shape index (κ1) is 22.5. The Hall–Kier alpha value is -3.97. The Morgan fingerprint density at radius 2 is 1.86 bits per heavy atom. The minimum atomic E-state index is -0.599. The van der Waals surface area contributed by atoms with Crippen molar-refractivity contribution in [2.75, 3.05) is 0 Å². The van der Waals surface area contributed by atoms with Gasteiger partial charge in [-0.1, -0.05) is 54.9 Å². The quantitative estimate of drug-likeness (QED) is 0.367. The molecule has 1 aliphatic rings. The van der Waals surface area contributed by atoms with E-state index in [9.17, 15) is 4.79 Å². The molecule has 0 bridgehead atoms. The first-order valence-electron chi connectivity index (χ1n) is 12.1. The zero-order valence-electron chi connectivity index (χ0n) is 19.9. The Kier molecular flexibility index (Phi) is 5.57. The number of amides is 1. The summed E-state index contributed by atoms with van der Waals surface area (Å²) in [5.74, 6) is 0.843. The standard InChI is InChI=1S/C28H25ClN6O/c1-2-19-8-11-25-24(14-19)32-26-12-13-28(16-35(25)26,20-6-4-3-5-7-20)33-27(36)22-10-9-21(15-23(22)29)34-17-30-31-18-34/h3-11,14-15,17-18H,2,12-13,16H2,1H3,(H,33,36). The lowest BCUT2D eigenvalue weighted by atomic mass is 9.82. The second-order valence-electron chi connectivity index (χ2n) is 9.23. The molecule has 0 radical (unpaired) electrons. The van der Waals surface area contributed by atoms with Gasteiger partial charge in [-0.2, -0.15) is 0 Å². The van der Waals surface area contributed by atoms with Crippen LogP contribution in [0.25, 0.3) is 16.7 Å².